The Morgan fingerprint density at radius 3 is 2.75 bits per heavy atom. The van der Waals surface area contributed by atoms with Gasteiger partial charge in [-0.2, -0.15) is 0 Å². The van der Waals surface area contributed by atoms with Crippen LogP contribution in [0.4, 0.5) is 0 Å². The molecule has 1 aliphatic rings. The van der Waals surface area contributed by atoms with Gasteiger partial charge in [-0.05, 0) is 43.1 Å². The van der Waals surface area contributed by atoms with Crippen LogP contribution < -0.4 is 4.74 Å². The van der Waals surface area contributed by atoms with Gasteiger partial charge in [0.05, 0.1) is 0 Å². The highest BCUT2D eigenvalue weighted by molar-refractivity contribution is 6.30. The summed E-state index contributed by atoms with van der Waals surface area (Å²) in [7, 11) is 0. The molecule has 0 aromatic heterocycles. The highest BCUT2D eigenvalue weighted by Gasteiger charge is 2.17. The standard InChI is InChI=1S/C13H18ClNO/c1-11-6-7-15(10-11)8-9-16-13-4-2-12(14)3-5-13/h2-5,11H,6-10H2,1H3. The molecule has 2 rings (SSSR count). The summed E-state index contributed by atoms with van der Waals surface area (Å²) >= 11 is 5.80. The number of hydrogen-bond acceptors (Lipinski definition) is 2. The van der Waals surface area contributed by atoms with Crippen LogP contribution in [-0.2, 0) is 0 Å². The fourth-order valence-electron chi connectivity index (χ4n) is 2.05. The Labute approximate surface area is 102 Å². The van der Waals surface area contributed by atoms with E-state index in [4.69, 9.17) is 16.3 Å². The number of ether oxygens (including phenoxy) is 1. The van der Waals surface area contributed by atoms with Crippen molar-refractivity contribution in [3.63, 3.8) is 0 Å². The van der Waals surface area contributed by atoms with Gasteiger partial charge in [0.25, 0.3) is 0 Å². The quantitative estimate of drug-likeness (QED) is 0.801. The molecule has 0 N–H and O–H groups in total. The number of halogens is 1. The van der Waals surface area contributed by atoms with Gasteiger partial charge < -0.3 is 4.74 Å². The summed E-state index contributed by atoms with van der Waals surface area (Å²) in [5, 5.41) is 0.751. The molecule has 0 bridgehead atoms. The van der Waals surface area contributed by atoms with Crippen molar-refractivity contribution in [1.29, 1.82) is 0 Å². The van der Waals surface area contributed by atoms with Gasteiger partial charge >= 0.3 is 0 Å². The van der Waals surface area contributed by atoms with Crippen LogP contribution in [0.15, 0.2) is 24.3 Å². The third-order valence-corrected chi connectivity index (χ3v) is 3.25. The lowest BCUT2D eigenvalue weighted by Crippen LogP contribution is -2.25. The maximum absolute atomic E-state index is 5.80. The Bertz CT molecular complexity index is 325. The molecule has 16 heavy (non-hydrogen) atoms. The van der Waals surface area contributed by atoms with Crippen LogP contribution in [0.5, 0.6) is 5.75 Å². The summed E-state index contributed by atoms with van der Waals surface area (Å²) < 4.78 is 5.66. The van der Waals surface area contributed by atoms with Gasteiger partial charge in [0.1, 0.15) is 12.4 Å². The molecule has 0 saturated carbocycles. The van der Waals surface area contributed by atoms with Crippen molar-refractivity contribution in [2.75, 3.05) is 26.2 Å². The van der Waals surface area contributed by atoms with Crippen molar-refractivity contribution in [2.45, 2.75) is 13.3 Å². The first-order valence-electron chi connectivity index (χ1n) is 5.85. The van der Waals surface area contributed by atoms with E-state index >= 15 is 0 Å². The van der Waals surface area contributed by atoms with Crippen LogP contribution in [0, 0.1) is 5.92 Å². The number of likely N-dealkylation sites (tertiary alicyclic amines) is 1. The summed E-state index contributed by atoms with van der Waals surface area (Å²) in [5.41, 5.74) is 0. The normalized spacial score (nSPS) is 21.2. The van der Waals surface area contributed by atoms with Gasteiger partial charge in [0.2, 0.25) is 0 Å². The van der Waals surface area contributed by atoms with Crippen LogP contribution in [-0.4, -0.2) is 31.1 Å². The van der Waals surface area contributed by atoms with Gasteiger partial charge in [0, 0.05) is 18.1 Å². The van der Waals surface area contributed by atoms with E-state index in [0.717, 1.165) is 29.8 Å². The minimum absolute atomic E-state index is 0.751. The number of benzene rings is 1. The number of rotatable bonds is 4. The Morgan fingerprint density at radius 1 is 1.38 bits per heavy atom. The van der Waals surface area contributed by atoms with E-state index in [9.17, 15) is 0 Å². The van der Waals surface area contributed by atoms with E-state index in [1.165, 1.54) is 19.5 Å². The predicted molar refractivity (Wildman–Crippen MR) is 67.2 cm³/mol. The van der Waals surface area contributed by atoms with Gasteiger partial charge in [-0.15, -0.1) is 0 Å². The number of hydrogen-bond donors (Lipinski definition) is 0. The summed E-state index contributed by atoms with van der Waals surface area (Å²) in [6, 6.07) is 7.54. The lowest BCUT2D eigenvalue weighted by Gasteiger charge is -2.15. The predicted octanol–water partition coefficient (Wildman–Crippen LogP) is 3.06. The maximum atomic E-state index is 5.80. The van der Waals surface area contributed by atoms with Crippen molar-refractivity contribution < 1.29 is 4.74 Å². The van der Waals surface area contributed by atoms with E-state index in [2.05, 4.69) is 11.8 Å². The maximum Gasteiger partial charge on any atom is 0.119 e. The monoisotopic (exact) mass is 239 g/mol. The zero-order valence-electron chi connectivity index (χ0n) is 9.66. The van der Waals surface area contributed by atoms with Crippen LogP contribution in [0.1, 0.15) is 13.3 Å². The summed E-state index contributed by atoms with van der Waals surface area (Å²) in [4.78, 5) is 2.46. The van der Waals surface area contributed by atoms with E-state index in [1.54, 1.807) is 0 Å². The first kappa shape index (κ1) is 11.7. The average Bonchev–Trinajstić information content (AvgIpc) is 2.67. The Kier molecular flexibility index (Phi) is 4.08. The molecule has 0 radical (unpaired) electrons. The molecule has 1 saturated heterocycles. The molecular formula is C13H18ClNO. The highest BCUT2D eigenvalue weighted by Crippen LogP contribution is 2.17. The van der Waals surface area contributed by atoms with Gasteiger partial charge in [-0.3, -0.25) is 4.90 Å². The van der Waals surface area contributed by atoms with Crippen LogP contribution >= 0.6 is 11.6 Å². The molecule has 0 aliphatic carbocycles. The van der Waals surface area contributed by atoms with E-state index < -0.39 is 0 Å². The highest BCUT2D eigenvalue weighted by atomic mass is 35.5. The smallest absolute Gasteiger partial charge is 0.119 e. The van der Waals surface area contributed by atoms with Crippen molar-refractivity contribution in [2.24, 2.45) is 5.92 Å². The molecule has 88 valence electrons. The minimum Gasteiger partial charge on any atom is -0.492 e. The molecule has 0 amide bonds. The van der Waals surface area contributed by atoms with Crippen molar-refractivity contribution >= 4 is 11.6 Å². The van der Waals surface area contributed by atoms with Crippen LogP contribution in [0.25, 0.3) is 0 Å². The lowest BCUT2D eigenvalue weighted by atomic mass is 10.2. The van der Waals surface area contributed by atoms with E-state index in [1.807, 2.05) is 24.3 Å². The first-order valence-corrected chi connectivity index (χ1v) is 6.22. The van der Waals surface area contributed by atoms with E-state index in [-0.39, 0.29) is 0 Å². The molecule has 1 aliphatic heterocycles. The molecule has 3 heteroatoms. The van der Waals surface area contributed by atoms with Gasteiger partial charge in [-0.1, -0.05) is 18.5 Å². The zero-order chi connectivity index (χ0) is 11.4. The van der Waals surface area contributed by atoms with Crippen LogP contribution in [0.2, 0.25) is 5.02 Å². The molecule has 2 nitrogen and oxygen atoms in total. The average molecular weight is 240 g/mol. The molecule has 0 spiro atoms. The number of nitrogens with zero attached hydrogens (tertiary/aromatic N) is 1. The minimum atomic E-state index is 0.751. The topological polar surface area (TPSA) is 12.5 Å². The Balaban J connectivity index is 1.70. The summed E-state index contributed by atoms with van der Waals surface area (Å²) in [6.45, 7) is 6.51. The SMILES string of the molecule is CC1CCN(CCOc2ccc(Cl)cc2)C1. The van der Waals surface area contributed by atoms with Crippen molar-refractivity contribution in [3.05, 3.63) is 29.3 Å². The van der Waals surface area contributed by atoms with Crippen molar-refractivity contribution in [1.82, 2.24) is 4.90 Å². The largest absolute Gasteiger partial charge is 0.492 e. The fourth-order valence-corrected chi connectivity index (χ4v) is 2.18. The second-order valence-electron chi connectivity index (χ2n) is 4.50. The summed E-state index contributed by atoms with van der Waals surface area (Å²) in [6.07, 6.45) is 1.32. The summed E-state index contributed by atoms with van der Waals surface area (Å²) in [5.74, 6) is 1.74. The molecule has 1 aromatic rings. The first-order chi connectivity index (χ1) is 7.74. The zero-order valence-corrected chi connectivity index (χ0v) is 10.4. The Hall–Kier alpha value is -0.730. The molecule has 1 unspecified atom stereocenters. The molecular weight excluding hydrogens is 222 g/mol. The molecule has 1 aromatic carbocycles. The Morgan fingerprint density at radius 2 is 2.12 bits per heavy atom. The third-order valence-electron chi connectivity index (χ3n) is 3.00. The van der Waals surface area contributed by atoms with Crippen molar-refractivity contribution in [3.8, 4) is 5.75 Å². The fraction of sp³-hybridized carbons (Fsp3) is 0.538. The van der Waals surface area contributed by atoms with Gasteiger partial charge in [0.15, 0.2) is 0 Å². The molecule has 1 heterocycles. The second kappa shape index (κ2) is 5.55. The third kappa shape index (κ3) is 3.39. The molecule has 1 fully saturated rings. The van der Waals surface area contributed by atoms with Crippen LogP contribution in [0.3, 0.4) is 0 Å². The van der Waals surface area contributed by atoms with E-state index in [0.29, 0.717) is 0 Å². The second-order valence-corrected chi connectivity index (χ2v) is 4.93. The van der Waals surface area contributed by atoms with Gasteiger partial charge in [-0.25, -0.2) is 0 Å². The lowest BCUT2D eigenvalue weighted by molar-refractivity contribution is 0.234. The molecule has 1 atom stereocenters.